The number of esters is 1. The first kappa shape index (κ1) is 19.5. The van der Waals surface area contributed by atoms with Crippen molar-refractivity contribution in [2.24, 2.45) is 5.92 Å². The van der Waals surface area contributed by atoms with Crippen molar-refractivity contribution in [2.45, 2.75) is 73.1 Å². The van der Waals surface area contributed by atoms with Crippen LogP contribution in [-0.2, 0) is 21.4 Å². The Kier molecular flexibility index (Phi) is 6.67. The summed E-state index contributed by atoms with van der Waals surface area (Å²) < 4.78 is 5.28. The second kappa shape index (κ2) is 7.85. The molecule has 130 valence electrons. The average Bonchev–Trinajstić information content (AvgIpc) is 2.42. The molecule has 0 atom stereocenters. The first-order chi connectivity index (χ1) is 10.5. The largest absolute Gasteiger partial charge is 0.507 e. The Bertz CT molecular complexity index is 551. The van der Waals surface area contributed by atoms with Crippen LogP contribution in [0.25, 0.3) is 0 Å². The lowest BCUT2D eigenvalue weighted by atomic mass is 9.82. The third-order valence-corrected chi connectivity index (χ3v) is 4.34. The highest BCUT2D eigenvalue weighted by atomic mass is 16.5. The second-order valence-corrected chi connectivity index (χ2v) is 7.83. The van der Waals surface area contributed by atoms with Crippen molar-refractivity contribution in [2.75, 3.05) is 6.61 Å². The molecule has 1 aromatic rings. The van der Waals surface area contributed by atoms with Crippen LogP contribution < -0.4 is 0 Å². The van der Waals surface area contributed by atoms with Gasteiger partial charge in [0.1, 0.15) is 5.75 Å². The number of phenolic OH excluding ortho intramolecular Hbond substituents is 1. The number of benzene rings is 1. The highest BCUT2D eigenvalue weighted by Crippen LogP contribution is 2.36. The van der Waals surface area contributed by atoms with E-state index in [2.05, 4.69) is 34.6 Å². The van der Waals surface area contributed by atoms with E-state index in [1.54, 1.807) is 0 Å². The van der Waals surface area contributed by atoms with Crippen molar-refractivity contribution in [1.29, 1.82) is 0 Å². The van der Waals surface area contributed by atoms with E-state index in [0.717, 1.165) is 28.7 Å². The van der Waals surface area contributed by atoms with Crippen molar-refractivity contribution in [3.05, 3.63) is 28.3 Å². The number of aryl methyl sites for hydroxylation is 1. The van der Waals surface area contributed by atoms with Gasteiger partial charge >= 0.3 is 5.97 Å². The number of phenols is 1. The summed E-state index contributed by atoms with van der Waals surface area (Å²) in [5.41, 5.74) is 3.88. The van der Waals surface area contributed by atoms with Crippen LogP contribution in [0.2, 0.25) is 0 Å². The van der Waals surface area contributed by atoms with Crippen LogP contribution in [0.4, 0.5) is 0 Å². The second-order valence-electron chi connectivity index (χ2n) is 7.83. The van der Waals surface area contributed by atoms with Gasteiger partial charge in [-0.3, -0.25) is 4.79 Å². The summed E-state index contributed by atoms with van der Waals surface area (Å²) in [5.74, 6) is 0.769. The number of ether oxygens (including phenoxy) is 1. The van der Waals surface area contributed by atoms with Gasteiger partial charge in [0, 0.05) is 6.42 Å². The molecule has 23 heavy (non-hydrogen) atoms. The van der Waals surface area contributed by atoms with Gasteiger partial charge in [-0.05, 0) is 60.3 Å². The number of carbonyl (C=O) groups excluding carboxylic acids is 1. The van der Waals surface area contributed by atoms with Crippen LogP contribution in [-0.4, -0.2) is 17.7 Å². The maximum Gasteiger partial charge on any atom is 0.306 e. The summed E-state index contributed by atoms with van der Waals surface area (Å²) in [7, 11) is 0. The molecule has 0 aromatic heterocycles. The Morgan fingerprint density at radius 3 is 2.35 bits per heavy atom. The smallest absolute Gasteiger partial charge is 0.306 e. The predicted molar refractivity (Wildman–Crippen MR) is 95.0 cm³/mol. The molecule has 0 amide bonds. The third kappa shape index (κ3) is 5.56. The molecule has 3 heteroatoms. The normalized spacial score (nSPS) is 11.8. The highest BCUT2D eigenvalue weighted by molar-refractivity contribution is 5.70. The van der Waals surface area contributed by atoms with Gasteiger partial charge in [0.2, 0.25) is 0 Å². The molecule has 0 heterocycles. The summed E-state index contributed by atoms with van der Waals surface area (Å²) in [5, 5.41) is 10.4. The van der Waals surface area contributed by atoms with Crippen molar-refractivity contribution in [1.82, 2.24) is 0 Å². The zero-order valence-corrected chi connectivity index (χ0v) is 15.7. The van der Waals surface area contributed by atoms with Crippen LogP contribution in [0.1, 0.15) is 69.7 Å². The van der Waals surface area contributed by atoms with E-state index < -0.39 is 0 Å². The van der Waals surface area contributed by atoms with Crippen LogP contribution in [0.5, 0.6) is 5.75 Å². The van der Waals surface area contributed by atoms with E-state index in [-0.39, 0.29) is 11.4 Å². The molecular weight excluding hydrogens is 288 g/mol. The zero-order chi connectivity index (χ0) is 17.8. The maximum absolute atomic E-state index is 11.9. The lowest BCUT2D eigenvalue weighted by Gasteiger charge is -2.24. The van der Waals surface area contributed by atoms with E-state index in [9.17, 15) is 9.90 Å². The lowest BCUT2D eigenvalue weighted by molar-refractivity contribution is -0.143. The minimum atomic E-state index is -0.145. The maximum atomic E-state index is 11.9. The van der Waals surface area contributed by atoms with Crippen LogP contribution in [0.15, 0.2) is 6.07 Å². The van der Waals surface area contributed by atoms with Gasteiger partial charge < -0.3 is 9.84 Å². The number of hydrogen-bond donors (Lipinski definition) is 1. The Balaban J connectivity index is 2.81. The van der Waals surface area contributed by atoms with Gasteiger partial charge in [-0.25, -0.2) is 0 Å². The van der Waals surface area contributed by atoms with Gasteiger partial charge in [-0.1, -0.05) is 40.7 Å². The van der Waals surface area contributed by atoms with Gasteiger partial charge in [0.25, 0.3) is 0 Å². The van der Waals surface area contributed by atoms with E-state index in [1.165, 1.54) is 0 Å². The predicted octanol–water partition coefficient (Wildman–Crippen LogP) is 4.83. The monoisotopic (exact) mass is 320 g/mol. The fourth-order valence-electron chi connectivity index (χ4n) is 2.52. The van der Waals surface area contributed by atoms with Gasteiger partial charge in [-0.2, -0.15) is 0 Å². The molecule has 0 aliphatic carbocycles. The molecule has 0 unspecified atom stereocenters. The SMILES string of the molecule is Cc1c(CCC(=O)OCCC(C)C)cc(C(C)(C)C)c(O)c1C. The minimum absolute atomic E-state index is 0.130. The van der Waals surface area contributed by atoms with Crippen molar-refractivity contribution in [3.8, 4) is 5.75 Å². The zero-order valence-electron chi connectivity index (χ0n) is 15.7. The summed E-state index contributed by atoms with van der Waals surface area (Å²) >= 11 is 0. The van der Waals surface area contributed by atoms with E-state index in [0.29, 0.717) is 31.1 Å². The molecule has 1 N–H and O–H groups in total. The Labute approximate surface area is 141 Å². The average molecular weight is 320 g/mol. The molecule has 0 radical (unpaired) electrons. The van der Waals surface area contributed by atoms with Crippen LogP contribution in [0, 0.1) is 19.8 Å². The quantitative estimate of drug-likeness (QED) is 0.764. The van der Waals surface area contributed by atoms with Gasteiger partial charge in [0.15, 0.2) is 0 Å². The number of rotatable bonds is 6. The van der Waals surface area contributed by atoms with E-state index in [4.69, 9.17) is 4.74 Å². The molecule has 0 aliphatic rings. The molecule has 3 nitrogen and oxygen atoms in total. The molecule has 1 rings (SSSR count). The molecule has 0 saturated heterocycles. The van der Waals surface area contributed by atoms with Crippen LogP contribution in [0.3, 0.4) is 0 Å². The summed E-state index contributed by atoms with van der Waals surface area (Å²) in [6.07, 6.45) is 1.93. The van der Waals surface area contributed by atoms with Crippen molar-refractivity contribution >= 4 is 5.97 Å². The Morgan fingerprint density at radius 2 is 1.83 bits per heavy atom. The Morgan fingerprint density at radius 1 is 1.22 bits per heavy atom. The summed E-state index contributed by atoms with van der Waals surface area (Å²) in [6, 6.07) is 2.04. The molecule has 0 fully saturated rings. The van der Waals surface area contributed by atoms with Crippen LogP contribution >= 0.6 is 0 Å². The molecule has 0 aliphatic heterocycles. The fourth-order valence-corrected chi connectivity index (χ4v) is 2.52. The van der Waals surface area contributed by atoms with Gasteiger partial charge in [0.05, 0.1) is 6.61 Å². The number of carbonyl (C=O) groups is 1. The topological polar surface area (TPSA) is 46.5 Å². The fraction of sp³-hybridized carbons (Fsp3) is 0.650. The molecular formula is C20H32O3. The molecule has 0 spiro atoms. The van der Waals surface area contributed by atoms with E-state index >= 15 is 0 Å². The number of aromatic hydroxyl groups is 1. The standard InChI is InChI=1S/C20H32O3/c1-13(2)10-11-23-18(21)9-8-16-12-17(20(5,6)7)19(22)15(4)14(16)3/h12-13,22H,8-11H2,1-7H3. The molecule has 0 bridgehead atoms. The summed E-state index contributed by atoms with van der Waals surface area (Å²) in [6.45, 7) is 14.9. The lowest BCUT2D eigenvalue weighted by Crippen LogP contribution is -2.14. The number of hydrogen-bond acceptors (Lipinski definition) is 3. The Hall–Kier alpha value is -1.51. The molecule has 1 aromatic carbocycles. The van der Waals surface area contributed by atoms with Crippen molar-refractivity contribution < 1.29 is 14.6 Å². The first-order valence-corrected chi connectivity index (χ1v) is 8.52. The van der Waals surface area contributed by atoms with Crippen molar-refractivity contribution in [3.63, 3.8) is 0 Å². The molecule has 0 saturated carbocycles. The minimum Gasteiger partial charge on any atom is -0.507 e. The summed E-state index contributed by atoms with van der Waals surface area (Å²) in [4.78, 5) is 11.9. The van der Waals surface area contributed by atoms with Gasteiger partial charge in [-0.15, -0.1) is 0 Å². The van der Waals surface area contributed by atoms with E-state index in [1.807, 2.05) is 19.9 Å². The third-order valence-electron chi connectivity index (χ3n) is 4.34. The first-order valence-electron chi connectivity index (χ1n) is 8.52. The highest BCUT2D eigenvalue weighted by Gasteiger charge is 2.22.